The number of benzene rings is 4. The third-order valence-electron chi connectivity index (χ3n) is 13.1. The normalized spacial score (nSPS) is 24.0. The molecule has 5 atom stereocenters. The van der Waals surface area contributed by atoms with Crippen LogP contribution in [0.2, 0.25) is 0 Å². The molecule has 4 aromatic rings. The molecule has 4 heteroatoms. The van der Waals surface area contributed by atoms with Crippen LogP contribution in [0.15, 0.2) is 204 Å². The summed E-state index contributed by atoms with van der Waals surface area (Å²) in [6.45, 7) is 9.37. The molecule has 0 radical (unpaired) electrons. The molecular weight excluding hydrogens is 731 g/mol. The van der Waals surface area contributed by atoms with E-state index in [0.717, 1.165) is 53.9 Å². The number of allylic oxidation sites excluding steroid dienone is 9. The number of ether oxygens (including phenoxy) is 1. The standard InChI is InChI=1S/C56H55N3O/c1-38-49-35-44(43-21-13-16-39(34-43)37-58-52(42-19-9-6-10-20-42)36-51(57)41-17-7-5-8-18-41)29-32-53(49)59(33-15-26-54(38)60-4)45-30-27-40(28-31-45)46-23-14-24-48-47-22-11-12-25-50(47)56(2,3)55(46)48/h5-17,19,21-25,27-34,36-37,41-42,44,51,54H,1,18,20,26,35,57H2,2-4H3/b33-15-,52-36-,58-37+/t41?,42?,44?,51?,54-/m0/s1. The van der Waals surface area contributed by atoms with Crippen LogP contribution in [0.1, 0.15) is 67.7 Å². The summed E-state index contributed by atoms with van der Waals surface area (Å²) in [5.74, 6) is 0.649. The predicted molar refractivity (Wildman–Crippen MR) is 252 cm³/mol. The first-order valence-electron chi connectivity index (χ1n) is 21.5. The second-order valence-corrected chi connectivity index (χ2v) is 17.2. The van der Waals surface area contributed by atoms with Crippen LogP contribution >= 0.6 is 0 Å². The molecule has 60 heavy (non-hydrogen) atoms. The zero-order valence-electron chi connectivity index (χ0n) is 35.0. The average molecular weight is 786 g/mol. The molecule has 0 saturated carbocycles. The molecule has 4 nitrogen and oxygen atoms in total. The molecule has 0 fully saturated rings. The zero-order chi connectivity index (χ0) is 41.2. The SMILES string of the molecule is C=C1C2=C(C=CC(c3cccc(/C=N/C(=C\C(N)C4C=CC=CC4)C4C=CC=CC4)c3)C2)N(c2ccc(-c3cccc4c3C(C)(C)c3ccccc3-4)cc2)/C=C\C[C@@H]1OC. The number of hydrogen-bond acceptors (Lipinski definition) is 4. The Morgan fingerprint density at radius 2 is 1.60 bits per heavy atom. The fourth-order valence-electron chi connectivity index (χ4n) is 9.80. The maximum atomic E-state index is 6.76. The Bertz CT molecular complexity index is 2570. The quantitative estimate of drug-likeness (QED) is 0.172. The number of fused-ring (bicyclic) bond motifs is 3. The minimum absolute atomic E-state index is 0.0799. The van der Waals surface area contributed by atoms with Crippen LogP contribution in [0, 0.1) is 11.8 Å². The summed E-state index contributed by atoms with van der Waals surface area (Å²) >= 11 is 0. The van der Waals surface area contributed by atoms with Gasteiger partial charge in [-0.3, -0.25) is 4.99 Å². The van der Waals surface area contributed by atoms with Gasteiger partial charge in [0.1, 0.15) is 0 Å². The van der Waals surface area contributed by atoms with E-state index in [1.165, 1.54) is 44.5 Å². The number of anilines is 1. The predicted octanol–water partition coefficient (Wildman–Crippen LogP) is 12.8. The third kappa shape index (κ3) is 7.62. The lowest BCUT2D eigenvalue weighted by molar-refractivity contribution is 0.135. The van der Waals surface area contributed by atoms with Crippen molar-refractivity contribution in [2.45, 2.75) is 63.0 Å². The Morgan fingerprint density at radius 1 is 0.833 bits per heavy atom. The Kier molecular flexibility index (Phi) is 11.1. The van der Waals surface area contributed by atoms with Gasteiger partial charge in [0.15, 0.2) is 0 Å². The van der Waals surface area contributed by atoms with Gasteiger partial charge in [0.25, 0.3) is 0 Å². The van der Waals surface area contributed by atoms with Crippen molar-refractivity contribution in [3.8, 4) is 22.3 Å². The first kappa shape index (κ1) is 39.4. The molecule has 0 amide bonds. The van der Waals surface area contributed by atoms with Crippen LogP contribution in [0.4, 0.5) is 5.69 Å². The van der Waals surface area contributed by atoms with Crippen molar-refractivity contribution < 1.29 is 4.74 Å². The second kappa shape index (κ2) is 16.9. The van der Waals surface area contributed by atoms with Crippen LogP contribution in [-0.2, 0) is 10.2 Å². The number of nitrogens with zero attached hydrogens (tertiary/aromatic N) is 2. The molecule has 5 aliphatic rings. The van der Waals surface area contributed by atoms with Gasteiger partial charge in [0, 0.05) is 59.9 Å². The molecule has 0 aromatic heterocycles. The van der Waals surface area contributed by atoms with Crippen LogP contribution in [0.25, 0.3) is 22.3 Å². The van der Waals surface area contributed by atoms with E-state index in [-0.39, 0.29) is 35.3 Å². The fourth-order valence-corrected chi connectivity index (χ4v) is 9.80. The first-order chi connectivity index (χ1) is 29.3. The van der Waals surface area contributed by atoms with E-state index in [2.05, 4.69) is 195 Å². The number of hydrogen-bond donors (Lipinski definition) is 1. The summed E-state index contributed by atoms with van der Waals surface area (Å²) in [7, 11) is 1.79. The zero-order valence-corrected chi connectivity index (χ0v) is 35.0. The molecule has 4 unspecified atom stereocenters. The van der Waals surface area contributed by atoms with Crippen LogP contribution in [0.3, 0.4) is 0 Å². The highest BCUT2D eigenvalue weighted by molar-refractivity contribution is 5.88. The largest absolute Gasteiger partial charge is 0.376 e. The summed E-state index contributed by atoms with van der Waals surface area (Å²) in [6, 6.07) is 33.4. The van der Waals surface area contributed by atoms with Gasteiger partial charge in [-0.05, 0) is 118 Å². The lowest BCUT2D eigenvalue weighted by Crippen LogP contribution is -2.28. The van der Waals surface area contributed by atoms with Gasteiger partial charge < -0.3 is 15.4 Å². The number of rotatable bonds is 9. The average Bonchev–Trinajstić information content (AvgIpc) is 3.53. The van der Waals surface area contributed by atoms with Crippen molar-refractivity contribution in [3.05, 3.63) is 221 Å². The van der Waals surface area contributed by atoms with Gasteiger partial charge >= 0.3 is 0 Å². The summed E-state index contributed by atoms with van der Waals surface area (Å²) in [5, 5.41) is 0. The van der Waals surface area contributed by atoms with Crippen LogP contribution in [0.5, 0.6) is 0 Å². The van der Waals surface area contributed by atoms with Crippen molar-refractivity contribution in [3.63, 3.8) is 0 Å². The maximum absolute atomic E-state index is 6.76. The second-order valence-electron chi connectivity index (χ2n) is 17.2. The monoisotopic (exact) mass is 785 g/mol. The smallest absolute Gasteiger partial charge is 0.0853 e. The van der Waals surface area contributed by atoms with Crippen molar-refractivity contribution in [1.29, 1.82) is 0 Å². The van der Waals surface area contributed by atoms with E-state index >= 15 is 0 Å². The van der Waals surface area contributed by atoms with E-state index in [4.69, 9.17) is 15.5 Å². The fraction of sp³-hybridized carbons (Fsp3) is 0.232. The molecule has 0 spiro atoms. The molecule has 1 aliphatic heterocycles. The molecule has 2 N–H and O–H groups in total. The summed E-state index contributed by atoms with van der Waals surface area (Å²) in [6.07, 6.45) is 33.9. The van der Waals surface area contributed by atoms with Gasteiger partial charge in [0.05, 0.1) is 6.10 Å². The van der Waals surface area contributed by atoms with Gasteiger partial charge in [-0.25, -0.2) is 0 Å². The van der Waals surface area contributed by atoms with Crippen molar-refractivity contribution in [1.82, 2.24) is 0 Å². The molecule has 4 aliphatic carbocycles. The van der Waals surface area contributed by atoms with Crippen molar-refractivity contribution in [2.24, 2.45) is 22.6 Å². The Morgan fingerprint density at radius 3 is 2.38 bits per heavy atom. The van der Waals surface area contributed by atoms with E-state index in [1.807, 2.05) is 6.21 Å². The third-order valence-corrected chi connectivity index (χ3v) is 13.1. The molecule has 1 heterocycles. The molecule has 4 aromatic carbocycles. The summed E-state index contributed by atoms with van der Waals surface area (Å²) in [5.41, 5.74) is 22.5. The maximum Gasteiger partial charge on any atom is 0.0853 e. The van der Waals surface area contributed by atoms with Crippen LogP contribution in [-0.4, -0.2) is 25.5 Å². The molecule has 9 rings (SSSR count). The minimum atomic E-state index is -0.102. The summed E-state index contributed by atoms with van der Waals surface area (Å²) in [4.78, 5) is 7.45. The van der Waals surface area contributed by atoms with E-state index in [0.29, 0.717) is 0 Å². The molecule has 300 valence electrons. The number of methoxy groups -OCH3 is 1. The summed E-state index contributed by atoms with van der Waals surface area (Å²) < 4.78 is 6.03. The molecular formula is C56H55N3O. The van der Waals surface area contributed by atoms with Gasteiger partial charge in [-0.1, -0.05) is 154 Å². The van der Waals surface area contributed by atoms with Gasteiger partial charge in [0.2, 0.25) is 0 Å². The Labute approximate surface area is 356 Å². The van der Waals surface area contributed by atoms with Crippen LogP contribution < -0.4 is 10.6 Å². The highest BCUT2D eigenvalue weighted by atomic mass is 16.5. The highest BCUT2D eigenvalue weighted by Crippen LogP contribution is 2.52. The van der Waals surface area contributed by atoms with E-state index in [9.17, 15) is 0 Å². The van der Waals surface area contributed by atoms with Gasteiger partial charge in [-0.2, -0.15) is 0 Å². The van der Waals surface area contributed by atoms with E-state index in [1.54, 1.807) is 7.11 Å². The Hall–Kier alpha value is -6.07. The van der Waals surface area contributed by atoms with E-state index < -0.39 is 0 Å². The van der Waals surface area contributed by atoms with Crippen molar-refractivity contribution in [2.75, 3.05) is 12.0 Å². The highest BCUT2D eigenvalue weighted by Gasteiger charge is 2.37. The lowest BCUT2D eigenvalue weighted by atomic mass is 9.79. The molecule has 0 bridgehead atoms. The number of nitrogens with two attached hydrogens (primary N) is 1. The lowest BCUT2D eigenvalue weighted by Gasteiger charge is -2.34. The first-order valence-corrected chi connectivity index (χ1v) is 21.5. The van der Waals surface area contributed by atoms with Gasteiger partial charge in [-0.15, -0.1) is 0 Å². The topological polar surface area (TPSA) is 50.8 Å². The minimum Gasteiger partial charge on any atom is -0.376 e. The van der Waals surface area contributed by atoms with Crippen molar-refractivity contribution >= 4 is 11.9 Å². The molecule has 0 saturated heterocycles. The number of aliphatic imine (C=N–C) groups is 1. The Balaban J connectivity index is 0.989.